The van der Waals surface area contributed by atoms with Gasteiger partial charge in [-0.15, -0.1) is 11.3 Å². The monoisotopic (exact) mass is 515 g/mol. The van der Waals surface area contributed by atoms with Gasteiger partial charge in [0.05, 0.1) is 11.0 Å². The van der Waals surface area contributed by atoms with Gasteiger partial charge in [-0.1, -0.05) is 109 Å². The van der Waals surface area contributed by atoms with Gasteiger partial charge in [0, 0.05) is 42.6 Å². The second kappa shape index (κ2) is 8.97. The van der Waals surface area contributed by atoms with Crippen molar-refractivity contribution in [2.24, 2.45) is 0 Å². The lowest BCUT2D eigenvalue weighted by Gasteiger charge is -2.19. The van der Waals surface area contributed by atoms with Crippen molar-refractivity contribution in [2.75, 3.05) is 0 Å². The number of rotatable bonds is 4. The van der Waals surface area contributed by atoms with E-state index < -0.39 is 0 Å². The fourth-order valence-corrected chi connectivity index (χ4v) is 7.35. The van der Waals surface area contributed by atoms with Crippen LogP contribution in [0.4, 0.5) is 0 Å². The van der Waals surface area contributed by atoms with Crippen LogP contribution in [0.15, 0.2) is 146 Å². The summed E-state index contributed by atoms with van der Waals surface area (Å²) in [5, 5.41) is 5.36. The van der Waals surface area contributed by atoms with E-state index in [0.29, 0.717) is 0 Å². The van der Waals surface area contributed by atoms with E-state index in [1.54, 1.807) is 0 Å². The van der Waals surface area contributed by atoms with Gasteiger partial charge >= 0.3 is 0 Å². The summed E-state index contributed by atoms with van der Waals surface area (Å²) in [4.78, 5) is 0. The highest BCUT2D eigenvalue weighted by Gasteiger charge is 2.19. The van der Waals surface area contributed by atoms with Crippen molar-refractivity contribution in [3.05, 3.63) is 162 Å². The van der Waals surface area contributed by atoms with Gasteiger partial charge < -0.3 is 4.57 Å². The fraction of sp³-hybridized carbons (Fsp3) is 0.0270. The lowest BCUT2D eigenvalue weighted by molar-refractivity contribution is 0.975. The summed E-state index contributed by atoms with van der Waals surface area (Å²) in [6.45, 7) is 0. The van der Waals surface area contributed by atoms with Crippen molar-refractivity contribution < 1.29 is 0 Å². The lowest BCUT2D eigenvalue weighted by Crippen LogP contribution is -2.03. The third-order valence-electron chi connectivity index (χ3n) is 7.93. The zero-order chi connectivity index (χ0) is 25.8. The van der Waals surface area contributed by atoms with Crippen LogP contribution in [0.2, 0.25) is 0 Å². The first-order chi connectivity index (χ1) is 19.4. The third-order valence-corrected chi connectivity index (χ3v) is 9.06. The van der Waals surface area contributed by atoms with Gasteiger partial charge in [-0.05, 0) is 53.1 Å². The summed E-state index contributed by atoms with van der Waals surface area (Å²) in [5.41, 5.74) is 7.58. The van der Waals surface area contributed by atoms with Gasteiger partial charge in [-0.3, -0.25) is 0 Å². The average molecular weight is 516 g/mol. The Morgan fingerprint density at radius 1 is 0.410 bits per heavy atom. The molecule has 0 spiro atoms. The Morgan fingerprint density at radius 3 is 1.72 bits per heavy atom. The van der Waals surface area contributed by atoms with E-state index in [1.807, 2.05) is 11.3 Å². The number of para-hydroxylation sites is 1. The quantitative estimate of drug-likeness (QED) is 0.205. The lowest BCUT2D eigenvalue weighted by atomic mass is 9.85. The molecule has 0 unspecified atom stereocenters. The molecule has 39 heavy (non-hydrogen) atoms. The molecule has 0 aliphatic carbocycles. The molecule has 184 valence electrons. The fourth-order valence-electron chi connectivity index (χ4n) is 6.24. The van der Waals surface area contributed by atoms with E-state index >= 15 is 0 Å². The van der Waals surface area contributed by atoms with Crippen LogP contribution in [-0.4, -0.2) is 4.57 Å². The summed E-state index contributed by atoms with van der Waals surface area (Å²) in [6.07, 6.45) is 0. The topological polar surface area (TPSA) is 4.93 Å². The molecule has 2 heteroatoms. The Kier molecular flexibility index (Phi) is 5.14. The highest BCUT2D eigenvalue weighted by molar-refractivity contribution is 7.26. The molecule has 0 atom stereocenters. The van der Waals surface area contributed by atoms with E-state index in [-0.39, 0.29) is 5.92 Å². The molecule has 2 aromatic heterocycles. The maximum Gasteiger partial charge on any atom is 0.0548 e. The molecular weight excluding hydrogens is 490 g/mol. The maximum atomic E-state index is 2.43. The number of aromatic nitrogens is 1. The predicted molar refractivity (Wildman–Crippen MR) is 167 cm³/mol. The Bertz CT molecular complexity index is 2060. The maximum absolute atomic E-state index is 2.43. The molecule has 0 aliphatic rings. The molecule has 0 saturated carbocycles. The first kappa shape index (κ1) is 22.3. The van der Waals surface area contributed by atoms with Crippen molar-refractivity contribution in [1.29, 1.82) is 0 Å². The minimum absolute atomic E-state index is 0.191. The average Bonchev–Trinajstić information content (AvgIpc) is 3.54. The number of thiophene rings is 1. The molecular formula is C37H25NS. The zero-order valence-electron chi connectivity index (χ0n) is 21.3. The zero-order valence-corrected chi connectivity index (χ0v) is 22.1. The second-order valence-corrected chi connectivity index (χ2v) is 11.2. The Balaban J connectivity index is 1.34. The molecule has 0 fully saturated rings. The van der Waals surface area contributed by atoms with Crippen LogP contribution < -0.4 is 0 Å². The number of benzene rings is 6. The van der Waals surface area contributed by atoms with Crippen molar-refractivity contribution in [3.63, 3.8) is 0 Å². The van der Waals surface area contributed by atoms with Gasteiger partial charge in [-0.2, -0.15) is 0 Å². The Labute approximate surface area is 231 Å². The summed E-state index contributed by atoms with van der Waals surface area (Å²) in [6, 6.07) is 53.0. The number of hydrogen-bond acceptors (Lipinski definition) is 1. The van der Waals surface area contributed by atoms with Gasteiger partial charge in [-0.25, -0.2) is 0 Å². The summed E-state index contributed by atoms with van der Waals surface area (Å²) in [7, 11) is 0. The van der Waals surface area contributed by atoms with E-state index in [9.17, 15) is 0 Å². The first-order valence-corrected chi connectivity index (χ1v) is 14.2. The van der Waals surface area contributed by atoms with E-state index in [2.05, 4.69) is 150 Å². The SMILES string of the molecule is c1ccc(C(c2ccccc2)c2ccc(-n3c4ccccc4c4c5c(ccc43)sc3ccccc35)cc2)cc1. The molecule has 2 heterocycles. The normalized spacial score (nSPS) is 11.8. The molecule has 0 aliphatic heterocycles. The smallest absolute Gasteiger partial charge is 0.0548 e. The van der Waals surface area contributed by atoms with Crippen LogP contribution in [-0.2, 0) is 0 Å². The molecule has 0 saturated heterocycles. The van der Waals surface area contributed by atoms with E-state index in [4.69, 9.17) is 0 Å². The van der Waals surface area contributed by atoms with Crippen LogP contribution in [0.1, 0.15) is 22.6 Å². The van der Waals surface area contributed by atoms with Crippen LogP contribution in [0.3, 0.4) is 0 Å². The highest BCUT2D eigenvalue weighted by Crippen LogP contribution is 2.43. The standard InChI is InChI=1S/C37H25NS/c1-3-11-25(12-4-1)35(26-13-5-2-6-14-26)27-19-21-28(22-20-27)38-31-17-9-7-15-29(31)36-32(38)23-24-34-37(36)30-16-8-10-18-33(30)39-34/h1-24,35H. The van der Waals surface area contributed by atoms with Crippen LogP contribution >= 0.6 is 11.3 Å². The molecule has 6 aromatic carbocycles. The van der Waals surface area contributed by atoms with Crippen molar-refractivity contribution >= 4 is 53.3 Å². The van der Waals surface area contributed by atoms with Gasteiger partial charge in [0.2, 0.25) is 0 Å². The van der Waals surface area contributed by atoms with Crippen molar-refractivity contribution in [2.45, 2.75) is 5.92 Å². The van der Waals surface area contributed by atoms with Gasteiger partial charge in [0.25, 0.3) is 0 Å². The first-order valence-electron chi connectivity index (χ1n) is 13.4. The molecule has 0 bridgehead atoms. The minimum Gasteiger partial charge on any atom is -0.309 e. The number of fused-ring (bicyclic) bond motifs is 7. The van der Waals surface area contributed by atoms with Crippen LogP contribution in [0.5, 0.6) is 0 Å². The highest BCUT2D eigenvalue weighted by atomic mass is 32.1. The molecule has 0 amide bonds. The minimum atomic E-state index is 0.191. The number of hydrogen-bond donors (Lipinski definition) is 0. The van der Waals surface area contributed by atoms with Crippen molar-refractivity contribution in [1.82, 2.24) is 4.57 Å². The number of nitrogens with zero attached hydrogens (tertiary/aromatic N) is 1. The van der Waals surface area contributed by atoms with Crippen LogP contribution in [0, 0.1) is 0 Å². The summed E-state index contributed by atoms with van der Waals surface area (Å²) >= 11 is 1.88. The third kappa shape index (κ3) is 3.53. The molecule has 8 aromatic rings. The van der Waals surface area contributed by atoms with Gasteiger partial charge in [0.15, 0.2) is 0 Å². The summed E-state index contributed by atoms with van der Waals surface area (Å²) < 4.78 is 5.12. The molecule has 0 N–H and O–H groups in total. The molecule has 1 nitrogen and oxygen atoms in total. The van der Waals surface area contributed by atoms with E-state index in [0.717, 1.165) is 0 Å². The largest absolute Gasteiger partial charge is 0.309 e. The Morgan fingerprint density at radius 2 is 1.00 bits per heavy atom. The predicted octanol–water partition coefficient (Wildman–Crippen LogP) is 10.3. The Hall–Kier alpha value is -4.66. The molecule has 0 radical (unpaired) electrons. The van der Waals surface area contributed by atoms with Gasteiger partial charge in [0.1, 0.15) is 0 Å². The summed E-state index contributed by atoms with van der Waals surface area (Å²) in [5.74, 6) is 0.191. The van der Waals surface area contributed by atoms with E-state index in [1.165, 1.54) is 64.4 Å². The van der Waals surface area contributed by atoms with Crippen LogP contribution in [0.25, 0.3) is 47.7 Å². The second-order valence-electron chi connectivity index (χ2n) is 10.1. The molecule has 8 rings (SSSR count). The van der Waals surface area contributed by atoms with Crippen molar-refractivity contribution in [3.8, 4) is 5.69 Å².